The van der Waals surface area contributed by atoms with Gasteiger partial charge in [0.05, 0.1) is 12.1 Å². The van der Waals surface area contributed by atoms with E-state index < -0.39 is 0 Å². The van der Waals surface area contributed by atoms with Gasteiger partial charge in [-0.2, -0.15) is 0 Å². The van der Waals surface area contributed by atoms with Gasteiger partial charge < -0.3 is 15.5 Å². The second-order valence-electron chi connectivity index (χ2n) is 9.48. The van der Waals surface area contributed by atoms with Crippen molar-refractivity contribution < 1.29 is 0 Å². The molecule has 4 heteroatoms. The molecular weight excluding hydrogens is 380 g/mol. The van der Waals surface area contributed by atoms with Crippen LogP contribution < -0.4 is 10.6 Å². The molecular formula is C27H42N4. The van der Waals surface area contributed by atoms with Crippen LogP contribution in [0.2, 0.25) is 0 Å². The molecule has 1 aliphatic carbocycles. The van der Waals surface area contributed by atoms with Gasteiger partial charge in [0.1, 0.15) is 0 Å². The van der Waals surface area contributed by atoms with Crippen molar-refractivity contribution in [1.29, 1.82) is 0 Å². The lowest BCUT2D eigenvalue weighted by molar-refractivity contribution is 0.349. The highest BCUT2D eigenvalue weighted by atomic mass is 15.1. The summed E-state index contributed by atoms with van der Waals surface area (Å²) in [5, 5.41) is 7.12. The first-order valence-corrected chi connectivity index (χ1v) is 12.1. The molecule has 0 aromatic carbocycles. The van der Waals surface area contributed by atoms with Gasteiger partial charge in [-0.05, 0) is 86.5 Å². The summed E-state index contributed by atoms with van der Waals surface area (Å²) >= 11 is 0. The van der Waals surface area contributed by atoms with Gasteiger partial charge in [0, 0.05) is 31.7 Å². The molecule has 1 aromatic rings. The molecule has 0 radical (unpaired) electrons. The largest absolute Gasteiger partial charge is 0.387 e. The Morgan fingerprint density at radius 1 is 1.32 bits per heavy atom. The molecule has 4 nitrogen and oxygen atoms in total. The molecule has 1 saturated carbocycles. The van der Waals surface area contributed by atoms with Crippen LogP contribution in [0.5, 0.6) is 0 Å². The monoisotopic (exact) mass is 422 g/mol. The van der Waals surface area contributed by atoms with E-state index in [-0.39, 0.29) is 6.04 Å². The van der Waals surface area contributed by atoms with Gasteiger partial charge in [-0.1, -0.05) is 38.8 Å². The molecule has 2 unspecified atom stereocenters. The van der Waals surface area contributed by atoms with E-state index in [1.165, 1.54) is 54.5 Å². The molecule has 31 heavy (non-hydrogen) atoms. The number of rotatable bonds is 9. The molecule has 1 aliphatic heterocycles. The Kier molecular flexibility index (Phi) is 8.36. The summed E-state index contributed by atoms with van der Waals surface area (Å²) in [5.74, 6) is 0.553. The van der Waals surface area contributed by atoms with E-state index in [1.54, 1.807) is 11.1 Å². The van der Waals surface area contributed by atoms with Crippen molar-refractivity contribution in [2.24, 2.45) is 5.92 Å². The molecule has 2 N–H and O–H groups in total. The third-order valence-electron chi connectivity index (χ3n) is 6.77. The number of aromatic nitrogens is 1. The van der Waals surface area contributed by atoms with Gasteiger partial charge in [0.15, 0.2) is 0 Å². The third-order valence-corrected chi connectivity index (χ3v) is 6.77. The smallest absolute Gasteiger partial charge is 0.0747 e. The van der Waals surface area contributed by atoms with E-state index in [9.17, 15) is 0 Å². The van der Waals surface area contributed by atoms with E-state index in [0.717, 1.165) is 13.0 Å². The van der Waals surface area contributed by atoms with Crippen molar-refractivity contribution in [1.82, 2.24) is 20.5 Å². The van der Waals surface area contributed by atoms with E-state index in [2.05, 4.69) is 81.9 Å². The van der Waals surface area contributed by atoms with Crippen molar-refractivity contribution in [3.05, 3.63) is 64.3 Å². The summed E-state index contributed by atoms with van der Waals surface area (Å²) in [6.45, 7) is 9.92. The van der Waals surface area contributed by atoms with Crippen LogP contribution in [0.4, 0.5) is 0 Å². The topological polar surface area (TPSA) is 40.2 Å². The summed E-state index contributed by atoms with van der Waals surface area (Å²) in [7, 11) is 4.27. The Balaban J connectivity index is 1.80. The second-order valence-corrected chi connectivity index (χ2v) is 9.48. The fourth-order valence-corrected chi connectivity index (χ4v) is 4.86. The van der Waals surface area contributed by atoms with E-state index >= 15 is 0 Å². The Morgan fingerprint density at radius 2 is 2.10 bits per heavy atom. The lowest BCUT2D eigenvalue weighted by Gasteiger charge is -2.41. The summed E-state index contributed by atoms with van der Waals surface area (Å²) < 4.78 is 0. The second kappa shape index (κ2) is 11.0. The molecule has 1 aromatic heterocycles. The molecule has 2 atom stereocenters. The highest BCUT2D eigenvalue weighted by molar-refractivity contribution is 5.40. The first-order valence-electron chi connectivity index (χ1n) is 12.1. The number of likely N-dealkylation sites (N-methyl/N-ethyl adjacent to an activating group) is 2. The number of hydrogen-bond donors (Lipinski definition) is 2. The molecule has 0 bridgehead atoms. The zero-order chi connectivity index (χ0) is 22.4. The Bertz CT molecular complexity index is 828. The van der Waals surface area contributed by atoms with Crippen molar-refractivity contribution in [3.8, 4) is 0 Å². The molecule has 2 heterocycles. The molecule has 1 fully saturated rings. The molecule has 0 spiro atoms. The normalized spacial score (nSPS) is 22.2. The zero-order valence-corrected chi connectivity index (χ0v) is 20.5. The SMILES string of the molecule is CCCCc1ncc(CN/C=C2\C(NC)C=CN(C)C2C(=C2CCC2)C(C)C)cc1C. The number of hydrogen-bond acceptors (Lipinski definition) is 4. The summed E-state index contributed by atoms with van der Waals surface area (Å²) in [6.07, 6.45) is 16.2. The highest BCUT2D eigenvalue weighted by Crippen LogP contribution is 2.38. The minimum absolute atomic E-state index is 0.249. The van der Waals surface area contributed by atoms with E-state index in [1.807, 2.05) is 6.20 Å². The van der Waals surface area contributed by atoms with Gasteiger partial charge in [-0.3, -0.25) is 4.98 Å². The van der Waals surface area contributed by atoms with Crippen LogP contribution in [0.25, 0.3) is 0 Å². The van der Waals surface area contributed by atoms with Crippen molar-refractivity contribution in [2.75, 3.05) is 14.1 Å². The number of allylic oxidation sites excluding steroid dienone is 1. The lowest BCUT2D eigenvalue weighted by Crippen LogP contribution is -2.45. The van der Waals surface area contributed by atoms with Crippen LogP contribution >= 0.6 is 0 Å². The number of unbranched alkanes of at least 4 members (excludes halogenated alkanes) is 1. The standard InChI is InChI=1S/C27H42N4/c1-7-8-12-24-20(4)15-21(17-30-24)16-29-18-23-25(28-5)13-14-31(6)27(23)26(19(2)3)22-10-9-11-22/h13-15,17-19,25,27-29H,7-12,16H2,1-6H3/b23-18+. The maximum absolute atomic E-state index is 4.73. The quantitative estimate of drug-likeness (QED) is 0.533. The predicted molar refractivity (Wildman–Crippen MR) is 132 cm³/mol. The first kappa shape index (κ1) is 23.6. The van der Waals surface area contributed by atoms with Crippen molar-refractivity contribution >= 4 is 0 Å². The molecule has 170 valence electrons. The highest BCUT2D eigenvalue weighted by Gasteiger charge is 2.33. The number of nitrogens with one attached hydrogen (secondary N) is 2. The number of nitrogens with zero attached hydrogens (tertiary/aromatic N) is 2. The van der Waals surface area contributed by atoms with E-state index in [0.29, 0.717) is 12.0 Å². The molecule has 3 rings (SSSR count). The van der Waals surface area contributed by atoms with Crippen molar-refractivity contribution in [2.45, 2.75) is 84.8 Å². The average Bonchev–Trinajstić information content (AvgIpc) is 2.70. The van der Waals surface area contributed by atoms with Gasteiger partial charge in [0.2, 0.25) is 0 Å². The van der Waals surface area contributed by atoms with Crippen LogP contribution in [0.15, 0.2) is 47.5 Å². The Labute approximate surface area is 189 Å². The molecule has 2 aliphatic rings. The van der Waals surface area contributed by atoms with Crippen LogP contribution in [0, 0.1) is 12.8 Å². The molecule has 0 saturated heterocycles. The maximum Gasteiger partial charge on any atom is 0.0747 e. The first-order chi connectivity index (χ1) is 15.0. The fourth-order valence-electron chi connectivity index (χ4n) is 4.86. The van der Waals surface area contributed by atoms with Gasteiger partial charge in [-0.25, -0.2) is 0 Å². The van der Waals surface area contributed by atoms with Crippen LogP contribution in [0.1, 0.15) is 69.7 Å². The summed E-state index contributed by atoms with van der Waals surface area (Å²) in [5.41, 5.74) is 8.48. The van der Waals surface area contributed by atoms with E-state index in [4.69, 9.17) is 4.98 Å². The number of pyridine rings is 1. The molecule has 0 amide bonds. The van der Waals surface area contributed by atoms with Gasteiger partial charge in [-0.15, -0.1) is 0 Å². The summed E-state index contributed by atoms with van der Waals surface area (Å²) in [6, 6.07) is 2.86. The minimum atomic E-state index is 0.249. The van der Waals surface area contributed by atoms with Crippen molar-refractivity contribution in [3.63, 3.8) is 0 Å². The maximum atomic E-state index is 4.73. The zero-order valence-electron chi connectivity index (χ0n) is 20.5. The third kappa shape index (κ3) is 5.60. The average molecular weight is 423 g/mol. The minimum Gasteiger partial charge on any atom is -0.387 e. The predicted octanol–water partition coefficient (Wildman–Crippen LogP) is 5.26. The Morgan fingerprint density at radius 3 is 2.68 bits per heavy atom. The van der Waals surface area contributed by atoms with Crippen LogP contribution in [-0.2, 0) is 13.0 Å². The number of aryl methyl sites for hydroxylation is 2. The van der Waals surface area contributed by atoms with Crippen LogP contribution in [-0.4, -0.2) is 36.1 Å². The van der Waals surface area contributed by atoms with Gasteiger partial charge in [0.25, 0.3) is 0 Å². The summed E-state index contributed by atoms with van der Waals surface area (Å²) in [4.78, 5) is 7.12. The van der Waals surface area contributed by atoms with Gasteiger partial charge >= 0.3 is 0 Å². The lowest BCUT2D eigenvalue weighted by atomic mass is 9.76. The van der Waals surface area contributed by atoms with Crippen LogP contribution in [0.3, 0.4) is 0 Å². The Hall–Kier alpha value is -2.07. The fraction of sp³-hybridized carbons (Fsp3) is 0.593.